The van der Waals surface area contributed by atoms with Crippen LogP contribution in [0.2, 0.25) is 0 Å². The molecule has 1 rings (SSSR count). The predicted octanol–water partition coefficient (Wildman–Crippen LogP) is 2.81. The molecule has 0 heterocycles. The van der Waals surface area contributed by atoms with Gasteiger partial charge >= 0.3 is 0 Å². The Kier molecular flexibility index (Phi) is 13.0. The zero-order valence-corrected chi connectivity index (χ0v) is 18.0. The van der Waals surface area contributed by atoms with Crippen molar-refractivity contribution in [2.45, 2.75) is 26.8 Å². The van der Waals surface area contributed by atoms with Crippen molar-refractivity contribution in [2.75, 3.05) is 46.9 Å². The van der Waals surface area contributed by atoms with Gasteiger partial charge in [0.05, 0.1) is 19.2 Å². The van der Waals surface area contributed by atoms with E-state index in [0.29, 0.717) is 13.2 Å². The fourth-order valence-electron chi connectivity index (χ4n) is 2.26. The number of nitrogens with one attached hydrogen (secondary N) is 2. The van der Waals surface area contributed by atoms with Gasteiger partial charge in [0.25, 0.3) is 0 Å². The van der Waals surface area contributed by atoms with Crippen LogP contribution in [0.4, 0.5) is 0 Å². The van der Waals surface area contributed by atoms with Gasteiger partial charge in [-0.2, -0.15) is 0 Å². The number of hydrogen-bond acceptors (Lipinski definition) is 3. The first-order valence-electron chi connectivity index (χ1n) is 8.41. The van der Waals surface area contributed by atoms with Crippen LogP contribution in [-0.4, -0.2) is 57.8 Å². The minimum Gasteiger partial charge on any atom is -0.380 e. The van der Waals surface area contributed by atoms with Crippen LogP contribution in [0.5, 0.6) is 0 Å². The van der Waals surface area contributed by atoms with Crippen LogP contribution in [0.15, 0.2) is 29.3 Å². The summed E-state index contributed by atoms with van der Waals surface area (Å²) in [5, 5.41) is 6.58. The summed E-state index contributed by atoms with van der Waals surface area (Å²) < 4.78 is 5.35. The van der Waals surface area contributed by atoms with Gasteiger partial charge in [0, 0.05) is 19.7 Å². The maximum absolute atomic E-state index is 5.35. The highest BCUT2D eigenvalue weighted by Crippen LogP contribution is 2.19. The third kappa shape index (κ3) is 8.84. The van der Waals surface area contributed by atoms with Crippen molar-refractivity contribution in [1.82, 2.24) is 15.5 Å². The van der Waals surface area contributed by atoms with Gasteiger partial charge in [0.15, 0.2) is 5.96 Å². The smallest absolute Gasteiger partial charge is 0.191 e. The molecule has 0 aliphatic rings. The van der Waals surface area contributed by atoms with Gasteiger partial charge in [-0.3, -0.25) is 4.99 Å². The average molecular weight is 448 g/mol. The normalized spacial score (nSPS) is 12.7. The number of guanidine groups is 1. The number of rotatable bonds is 9. The average Bonchev–Trinajstić information content (AvgIpc) is 2.53. The first-order valence-corrected chi connectivity index (χ1v) is 8.41. The molecule has 0 amide bonds. The summed E-state index contributed by atoms with van der Waals surface area (Å²) in [5.74, 6) is 0.839. The number of ether oxygens (including phenoxy) is 1. The SMILES string of the molecule is CCNC(=NCC(c1ccc(C)cc1)N(C)C)NCCOCC.I. The predicted molar refractivity (Wildman–Crippen MR) is 113 cm³/mol. The monoisotopic (exact) mass is 448 g/mol. The van der Waals surface area contributed by atoms with Gasteiger partial charge in [-0.25, -0.2) is 0 Å². The van der Waals surface area contributed by atoms with Gasteiger partial charge < -0.3 is 20.3 Å². The summed E-state index contributed by atoms with van der Waals surface area (Å²) >= 11 is 0. The molecule has 0 aliphatic carbocycles. The van der Waals surface area contributed by atoms with E-state index in [1.54, 1.807) is 0 Å². The third-order valence-corrected chi connectivity index (χ3v) is 3.59. The molecule has 0 saturated heterocycles. The van der Waals surface area contributed by atoms with Gasteiger partial charge in [0.1, 0.15) is 0 Å². The minimum atomic E-state index is 0. The van der Waals surface area contributed by atoms with E-state index in [2.05, 4.69) is 67.7 Å². The second kappa shape index (κ2) is 13.4. The number of aliphatic imine (C=N–C) groups is 1. The summed E-state index contributed by atoms with van der Waals surface area (Å²) in [4.78, 5) is 6.93. The molecule has 0 fully saturated rings. The Hall–Kier alpha value is -0.860. The quantitative estimate of drug-likeness (QED) is 0.264. The molecular formula is C18H33IN4O. The maximum atomic E-state index is 5.35. The Morgan fingerprint density at radius 2 is 1.83 bits per heavy atom. The van der Waals surface area contributed by atoms with Crippen molar-refractivity contribution < 1.29 is 4.74 Å². The van der Waals surface area contributed by atoms with Gasteiger partial charge in [-0.05, 0) is 40.4 Å². The molecule has 0 saturated carbocycles. The molecule has 138 valence electrons. The van der Waals surface area contributed by atoms with E-state index in [-0.39, 0.29) is 30.0 Å². The highest BCUT2D eigenvalue weighted by Gasteiger charge is 2.13. The Morgan fingerprint density at radius 3 is 2.38 bits per heavy atom. The van der Waals surface area contributed by atoms with Crippen LogP contribution in [-0.2, 0) is 4.74 Å². The van der Waals surface area contributed by atoms with Crippen LogP contribution in [0.3, 0.4) is 0 Å². The Labute approximate surface area is 164 Å². The lowest BCUT2D eigenvalue weighted by Crippen LogP contribution is -2.39. The zero-order valence-electron chi connectivity index (χ0n) is 15.6. The van der Waals surface area contributed by atoms with E-state index in [0.717, 1.165) is 25.7 Å². The van der Waals surface area contributed by atoms with Crippen molar-refractivity contribution >= 4 is 29.9 Å². The molecule has 0 spiro atoms. The van der Waals surface area contributed by atoms with E-state index in [1.165, 1.54) is 11.1 Å². The lowest BCUT2D eigenvalue weighted by molar-refractivity contribution is 0.152. The molecule has 0 radical (unpaired) electrons. The van der Waals surface area contributed by atoms with E-state index in [9.17, 15) is 0 Å². The summed E-state index contributed by atoms with van der Waals surface area (Å²) in [6.07, 6.45) is 0. The Balaban J connectivity index is 0.00000529. The lowest BCUT2D eigenvalue weighted by atomic mass is 10.0. The fraction of sp³-hybridized carbons (Fsp3) is 0.611. The first kappa shape index (κ1) is 23.1. The second-order valence-electron chi connectivity index (χ2n) is 5.73. The van der Waals surface area contributed by atoms with E-state index in [4.69, 9.17) is 9.73 Å². The van der Waals surface area contributed by atoms with E-state index in [1.807, 2.05) is 6.92 Å². The maximum Gasteiger partial charge on any atom is 0.191 e. The summed E-state index contributed by atoms with van der Waals surface area (Å²) in [7, 11) is 4.19. The Morgan fingerprint density at radius 1 is 1.17 bits per heavy atom. The summed E-state index contributed by atoms with van der Waals surface area (Å²) in [5.41, 5.74) is 2.57. The van der Waals surface area contributed by atoms with Crippen molar-refractivity contribution in [3.05, 3.63) is 35.4 Å². The molecule has 1 aromatic carbocycles. The van der Waals surface area contributed by atoms with E-state index < -0.39 is 0 Å². The molecule has 6 heteroatoms. The number of aryl methyl sites for hydroxylation is 1. The van der Waals surface area contributed by atoms with Gasteiger partial charge in [-0.15, -0.1) is 24.0 Å². The van der Waals surface area contributed by atoms with Crippen LogP contribution in [0, 0.1) is 6.92 Å². The first-order chi connectivity index (χ1) is 11.1. The standard InChI is InChI=1S/C18H32N4O.HI/c1-6-19-18(20-12-13-23-7-2)21-14-17(22(4)5)16-10-8-15(3)9-11-16;/h8-11,17H,6-7,12-14H2,1-5H3,(H2,19,20,21);1H. The number of hydrogen-bond donors (Lipinski definition) is 2. The van der Waals surface area contributed by atoms with Crippen molar-refractivity contribution in [3.63, 3.8) is 0 Å². The molecule has 24 heavy (non-hydrogen) atoms. The second-order valence-corrected chi connectivity index (χ2v) is 5.73. The van der Waals surface area contributed by atoms with Crippen LogP contribution in [0.1, 0.15) is 31.0 Å². The van der Waals surface area contributed by atoms with E-state index >= 15 is 0 Å². The van der Waals surface area contributed by atoms with Gasteiger partial charge in [-0.1, -0.05) is 29.8 Å². The topological polar surface area (TPSA) is 48.9 Å². The molecule has 5 nitrogen and oxygen atoms in total. The van der Waals surface area contributed by atoms with Crippen LogP contribution >= 0.6 is 24.0 Å². The third-order valence-electron chi connectivity index (χ3n) is 3.59. The number of nitrogens with zero attached hydrogens (tertiary/aromatic N) is 2. The van der Waals surface area contributed by atoms with Crippen LogP contribution in [0.25, 0.3) is 0 Å². The summed E-state index contributed by atoms with van der Waals surface area (Å²) in [6.45, 7) is 9.93. The summed E-state index contributed by atoms with van der Waals surface area (Å²) in [6, 6.07) is 8.94. The lowest BCUT2D eigenvalue weighted by Gasteiger charge is -2.24. The Bertz CT molecular complexity index is 463. The molecular weight excluding hydrogens is 415 g/mol. The molecule has 0 aliphatic heterocycles. The number of likely N-dealkylation sites (N-methyl/N-ethyl adjacent to an activating group) is 1. The van der Waals surface area contributed by atoms with Crippen molar-refractivity contribution in [3.8, 4) is 0 Å². The molecule has 2 N–H and O–H groups in total. The number of benzene rings is 1. The molecule has 0 bridgehead atoms. The van der Waals surface area contributed by atoms with Gasteiger partial charge in [0.2, 0.25) is 0 Å². The number of halogens is 1. The highest BCUT2D eigenvalue weighted by atomic mass is 127. The van der Waals surface area contributed by atoms with Crippen molar-refractivity contribution in [2.24, 2.45) is 4.99 Å². The largest absolute Gasteiger partial charge is 0.380 e. The highest BCUT2D eigenvalue weighted by molar-refractivity contribution is 14.0. The molecule has 0 aromatic heterocycles. The van der Waals surface area contributed by atoms with Crippen molar-refractivity contribution in [1.29, 1.82) is 0 Å². The minimum absolute atomic E-state index is 0. The fourth-order valence-corrected chi connectivity index (χ4v) is 2.26. The molecule has 1 aromatic rings. The van der Waals surface area contributed by atoms with Crippen LogP contribution < -0.4 is 10.6 Å². The molecule has 1 atom stereocenters. The molecule has 1 unspecified atom stereocenters. The zero-order chi connectivity index (χ0) is 17.1.